The SMILES string of the molecule is CCOc1cc(NC2CCN(C(=O)CCN3CCC(OCc4ccc(C(F)(F)F)cc4)CC3)CC2)ccc1[N+](=O)[O-]. The number of anilines is 1. The van der Waals surface area contributed by atoms with Gasteiger partial charge in [-0.15, -0.1) is 0 Å². The molecule has 41 heavy (non-hydrogen) atoms. The van der Waals surface area contributed by atoms with E-state index in [2.05, 4.69) is 10.2 Å². The number of halogens is 3. The molecular weight excluding hydrogens is 541 g/mol. The van der Waals surface area contributed by atoms with E-state index in [9.17, 15) is 28.1 Å². The average Bonchev–Trinajstić information content (AvgIpc) is 2.96. The topological polar surface area (TPSA) is 97.2 Å². The largest absolute Gasteiger partial charge is 0.487 e. The highest BCUT2D eigenvalue weighted by Crippen LogP contribution is 2.31. The number of nitro groups is 1. The second kappa shape index (κ2) is 14.0. The molecule has 0 bridgehead atoms. The summed E-state index contributed by atoms with van der Waals surface area (Å²) in [5, 5.41) is 14.6. The lowest BCUT2D eigenvalue weighted by Crippen LogP contribution is -2.44. The van der Waals surface area contributed by atoms with Gasteiger partial charge in [0.15, 0.2) is 5.75 Å². The first-order valence-electron chi connectivity index (χ1n) is 14.1. The number of nitrogens with one attached hydrogen (secondary N) is 1. The number of benzene rings is 2. The Balaban J connectivity index is 1.12. The molecule has 0 spiro atoms. The quantitative estimate of drug-likeness (QED) is 0.278. The summed E-state index contributed by atoms with van der Waals surface area (Å²) in [6.45, 7) is 6.02. The van der Waals surface area contributed by atoms with E-state index in [0.29, 0.717) is 38.2 Å². The number of carbonyl (C=O) groups excluding carboxylic acids is 1. The van der Waals surface area contributed by atoms with Crippen molar-refractivity contribution in [2.24, 2.45) is 0 Å². The van der Waals surface area contributed by atoms with Crippen LogP contribution in [0.25, 0.3) is 0 Å². The van der Waals surface area contributed by atoms with Gasteiger partial charge in [0.2, 0.25) is 5.91 Å². The molecule has 2 heterocycles. The van der Waals surface area contributed by atoms with Gasteiger partial charge in [0.1, 0.15) is 0 Å². The predicted octanol–water partition coefficient (Wildman–Crippen LogP) is 5.49. The summed E-state index contributed by atoms with van der Waals surface area (Å²) in [4.78, 5) is 27.7. The average molecular weight is 579 g/mol. The van der Waals surface area contributed by atoms with Gasteiger partial charge in [0.25, 0.3) is 0 Å². The van der Waals surface area contributed by atoms with Gasteiger partial charge in [-0.2, -0.15) is 13.2 Å². The van der Waals surface area contributed by atoms with E-state index in [1.807, 2.05) is 4.90 Å². The van der Waals surface area contributed by atoms with Crippen molar-refractivity contribution in [1.82, 2.24) is 9.80 Å². The molecule has 2 aliphatic heterocycles. The third-order valence-corrected chi connectivity index (χ3v) is 7.62. The summed E-state index contributed by atoms with van der Waals surface area (Å²) in [7, 11) is 0. The zero-order valence-electron chi connectivity index (χ0n) is 23.2. The molecule has 1 amide bonds. The number of hydrogen-bond donors (Lipinski definition) is 1. The summed E-state index contributed by atoms with van der Waals surface area (Å²) in [6.07, 6.45) is -0.624. The maximum absolute atomic E-state index is 12.8. The minimum Gasteiger partial charge on any atom is -0.487 e. The molecule has 2 aliphatic rings. The van der Waals surface area contributed by atoms with Crippen LogP contribution in [0.2, 0.25) is 0 Å². The molecule has 0 atom stereocenters. The summed E-state index contributed by atoms with van der Waals surface area (Å²) in [6, 6.07) is 10.0. The van der Waals surface area contributed by atoms with Gasteiger partial charge in [0, 0.05) is 63.0 Å². The third kappa shape index (κ3) is 8.80. The van der Waals surface area contributed by atoms with Crippen LogP contribution in [-0.4, -0.2) is 72.1 Å². The lowest BCUT2D eigenvalue weighted by atomic mass is 10.0. The fraction of sp³-hybridized carbons (Fsp3) is 0.552. The Kier molecular flexibility index (Phi) is 10.4. The highest BCUT2D eigenvalue weighted by atomic mass is 19.4. The molecule has 4 rings (SSSR count). The molecule has 0 unspecified atom stereocenters. The maximum atomic E-state index is 12.8. The molecule has 0 radical (unpaired) electrons. The molecule has 1 N–H and O–H groups in total. The van der Waals surface area contributed by atoms with Gasteiger partial charge in [-0.05, 0) is 56.4 Å². The monoisotopic (exact) mass is 578 g/mol. The van der Waals surface area contributed by atoms with E-state index in [0.717, 1.165) is 56.6 Å². The van der Waals surface area contributed by atoms with Crippen molar-refractivity contribution in [1.29, 1.82) is 0 Å². The van der Waals surface area contributed by atoms with Crippen molar-refractivity contribution in [2.75, 3.05) is 44.6 Å². The second-order valence-corrected chi connectivity index (χ2v) is 10.5. The Hall–Kier alpha value is -3.38. The van der Waals surface area contributed by atoms with Crippen LogP contribution in [0.1, 0.15) is 50.2 Å². The van der Waals surface area contributed by atoms with Crippen LogP contribution in [0.5, 0.6) is 5.75 Å². The van der Waals surface area contributed by atoms with Gasteiger partial charge < -0.3 is 24.6 Å². The van der Waals surface area contributed by atoms with Gasteiger partial charge in [-0.1, -0.05) is 12.1 Å². The molecule has 0 saturated carbocycles. The Morgan fingerprint density at radius 3 is 2.34 bits per heavy atom. The van der Waals surface area contributed by atoms with E-state index in [1.165, 1.54) is 18.2 Å². The van der Waals surface area contributed by atoms with Gasteiger partial charge in [-0.25, -0.2) is 0 Å². The lowest BCUT2D eigenvalue weighted by Gasteiger charge is -2.34. The number of amides is 1. The second-order valence-electron chi connectivity index (χ2n) is 10.5. The van der Waals surface area contributed by atoms with Gasteiger partial charge in [-0.3, -0.25) is 14.9 Å². The number of rotatable bonds is 11. The molecule has 2 aromatic rings. The van der Waals surface area contributed by atoms with Crippen molar-refractivity contribution in [3.05, 3.63) is 63.7 Å². The number of alkyl halides is 3. The van der Waals surface area contributed by atoms with E-state index in [-0.39, 0.29) is 36.1 Å². The standard InChI is InChI=1S/C29H37F3N4O5/c1-2-40-27-19-24(7-8-26(27)36(38)39)33-23-9-17-35(18-10-23)28(37)13-16-34-14-11-25(12-15-34)41-20-21-3-5-22(6-4-21)29(30,31)32/h3-8,19,23,25,33H,2,9-18,20H2,1H3. The first kappa shape index (κ1) is 30.6. The maximum Gasteiger partial charge on any atom is 0.416 e. The molecule has 9 nitrogen and oxygen atoms in total. The van der Waals surface area contributed by atoms with Gasteiger partial charge >= 0.3 is 11.9 Å². The highest BCUT2D eigenvalue weighted by molar-refractivity contribution is 5.76. The summed E-state index contributed by atoms with van der Waals surface area (Å²) < 4.78 is 49.5. The first-order chi connectivity index (χ1) is 19.6. The van der Waals surface area contributed by atoms with Crippen LogP contribution in [-0.2, 0) is 22.3 Å². The van der Waals surface area contributed by atoms with E-state index >= 15 is 0 Å². The normalized spacial score (nSPS) is 17.4. The fourth-order valence-corrected chi connectivity index (χ4v) is 5.25. The van der Waals surface area contributed by atoms with Crippen LogP contribution >= 0.6 is 0 Å². The third-order valence-electron chi connectivity index (χ3n) is 7.62. The van der Waals surface area contributed by atoms with Crippen LogP contribution < -0.4 is 10.1 Å². The summed E-state index contributed by atoms with van der Waals surface area (Å²) in [5.74, 6) is 0.378. The van der Waals surface area contributed by atoms with E-state index in [1.54, 1.807) is 19.1 Å². The Morgan fingerprint density at radius 2 is 1.73 bits per heavy atom. The van der Waals surface area contributed by atoms with Crippen molar-refractivity contribution in [3.63, 3.8) is 0 Å². The van der Waals surface area contributed by atoms with Crippen LogP contribution in [0.4, 0.5) is 24.5 Å². The Bertz CT molecular complexity index is 1160. The number of piperidine rings is 2. The summed E-state index contributed by atoms with van der Waals surface area (Å²) in [5.41, 5.74) is 0.750. The minimum atomic E-state index is -4.34. The molecule has 2 fully saturated rings. The van der Waals surface area contributed by atoms with Crippen molar-refractivity contribution < 1.29 is 32.4 Å². The van der Waals surface area contributed by atoms with E-state index < -0.39 is 16.7 Å². The molecule has 2 aromatic carbocycles. The Labute approximate surface area is 237 Å². The van der Waals surface area contributed by atoms with Crippen molar-refractivity contribution >= 4 is 17.3 Å². The molecule has 224 valence electrons. The molecular formula is C29H37F3N4O5. The fourth-order valence-electron chi connectivity index (χ4n) is 5.25. The van der Waals surface area contributed by atoms with Gasteiger partial charge in [0.05, 0.1) is 29.8 Å². The molecule has 2 saturated heterocycles. The number of likely N-dealkylation sites (tertiary alicyclic amines) is 2. The predicted molar refractivity (Wildman–Crippen MR) is 148 cm³/mol. The number of nitrogens with zero attached hydrogens (tertiary/aromatic N) is 3. The molecule has 12 heteroatoms. The number of carbonyl (C=O) groups is 1. The zero-order chi connectivity index (χ0) is 29.4. The zero-order valence-corrected chi connectivity index (χ0v) is 23.2. The molecule has 0 aromatic heterocycles. The number of ether oxygens (including phenoxy) is 2. The number of hydrogen-bond acceptors (Lipinski definition) is 7. The molecule has 0 aliphatic carbocycles. The highest BCUT2D eigenvalue weighted by Gasteiger charge is 2.30. The first-order valence-corrected chi connectivity index (χ1v) is 14.1. The van der Waals surface area contributed by atoms with Crippen LogP contribution in [0.3, 0.4) is 0 Å². The smallest absolute Gasteiger partial charge is 0.416 e. The Morgan fingerprint density at radius 1 is 1.05 bits per heavy atom. The van der Waals surface area contributed by atoms with E-state index in [4.69, 9.17) is 9.47 Å². The summed E-state index contributed by atoms with van der Waals surface area (Å²) >= 11 is 0. The van der Waals surface area contributed by atoms with Crippen LogP contribution in [0, 0.1) is 10.1 Å². The number of nitro benzene ring substituents is 1. The lowest BCUT2D eigenvalue weighted by molar-refractivity contribution is -0.385. The van der Waals surface area contributed by atoms with Crippen LogP contribution in [0.15, 0.2) is 42.5 Å². The van der Waals surface area contributed by atoms with Crippen molar-refractivity contribution in [3.8, 4) is 5.75 Å². The van der Waals surface area contributed by atoms with Crippen molar-refractivity contribution in [2.45, 2.75) is 64.0 Å². The minimum absolute atomic E-state index is 0.0520.